The molecular weight excluding hydrogens is 160 g/mol. The summed E-state index contributed by atoms with van der Waals surface area (Å²) in [7, 11) is 0. The van der Waals surface area contributed by atoms with Gasteiger partial charge in [0.15, 0.2) is 0 Å². The molecule has 0 fully saturated rings. The van der Waals surface area contributed by atoms with Gasteiger partial charge >= 0.3 is 0 Å². The van der Waals surface area contributed by atoms with Gasteiger partial charge in [0.05, 0.1) is 16.9 Å². The van der Waals surface area contributed by atoms with Crippen molar-refractivity contribution in [3.05, 3.63) is 35.4 Å². The van der Waals surface area contributed by atoms with Gasteiger partial charge in [0.1, 0.15) is 0 Å². The Bertz CT molecular complexity index is 441. The van der Waals surface area contributed by atoms with Crippen LogP contribution in [0.5, 0.6) is 0 Å². The second kappa shape index (κ2) is 2.87. The molecule has 68 valence electrons. The molecule has 0 spiro atoms. The van der Waals surface area contributed by atoms with Crippen LogP contribution in [0, 0.1) is 13.8 Å². The van der Waals surface area contributed by atoms with Crippen LogP contribution < -0.4 is 0 Å². The second-order valence-corrected chi connectivity index (χ2v) is 3.41. The fraction of sp³-hybridized carbons (Fsp3) is 0.364. The average Bonchev–Trinajstić information content (AvgIpc) is 2.47. The predicted molar refractivity (Wildman–Crippen MR) is 54.0 cm³/mol. The van der Waals surface area contributed by atoms with E-state index >= 15 is 0 Å². The lowest BCUT2D eigenvalue weighted by Gasteiger charge is -2.04. The van der Waals surface area contributed by atoms with E-state index in [2.05, 4.69) is 41.6 Å². The first-order chi connectivity index (χ1) is 6.22. The normalized spacial score (nSPS) is 11.0. The van der Waals surface area contributed by atoms with Crippen LogP contribution in [0.15, 0.2) is 18.3 Å². The number of hydrogen-bond donors (Lipinski definition) is 0. The molecule has 0 aliphatic carbocycles. The zero-order chi connectivity index (χ0) is 9.42. The summed E-state index contributed by atoms with van der Waals surface area (Å²) in [5, 5.41) is 0. The first kappa shape index (κ1) is 8.30. The molecule has 0 N–H and O–H groups in total. The van der Waals surface area contributed by atoms with Crippen LogP contribution in [0.3, 0.4) is 0 Å². The lowest BCUT2D eigenvalue weighted by Crippen LogP contribution is -1.97. The molecule has 2 aromatic heterocycles. The molecule has 0 aliphatic rings. The Kier molecular flexibility index (Phi) is 1.83. The van der Waals surface area contributed by atoms with Crippen LogP contribution in [-0.4, -0.2) is 9.38 Å². The van der Waals surface area contributed by atoms with Crippen molar-refractivity contribution < 1.29 is 0 Å². The fourth-order valence-corrected chi connectivity index (χ4v) is 1.70. The molecule has 0 amide bonds. The van der Waals surface area contributed by atoms with Crippen molar-refractivity contribution in [3.8, 4) is 0 Å². The zero-order valence-corrected chi connectivity index (χ0v) is 8.33. The standard InChI is InChI=1S/C11H14N2/c1-4-10-11-6-5-9(3)13(11)7-8(2)12-10/h5-7H,4H2,1-3H3. The summed E-state index contributed by atoms with van der Waals surface area (Å²) in [6.45, 7) is 6.30. The molecule has 2 heteroatoms. The van der Waals surface area contributed by atoms with E-state index in [1.807, 2.05) is 6.92 Å². The molecule has 2 aromatic rings. The van der Waals surface area contributed by atoms with Crippen LogP contribution in [0.1, 0.15) is 24.0 Å². The van der Waals surface area contributed by atoms with Crippen molar-refractivity contribution in [2.45, 2.75) is 27.2 Å². The Morgan fingerprint density at radius 2 is 2.08 bits per heavy atom. The third-order valence-electron chi connectivity index (χ3n) is 2.38. The van der Waals surface area contributed by atoms with Gasteiger partial charge in [-0.25, -0.2) is 0 Å². The van der Waals surface area contributed by atoms with E-state index in [0.29, 0.717) is 0 Å². The van der Waals surface area contributed by atoms with E-state index in [1.165, 1.54) is 16.9 Å². The Labute approximate surface area is 78.2 Å². The molecule has 0 unspecified atom stereocenters. The molecule has 0 aromatic carbocycles. The van der Waals surface area contributed by atoms with E-state index in [0.717, 1.165) is 12.1 Å². The van der Waals surface area contributed by atoms with Gasteiger partial charge in [0.2, 0.25) is 0 Å². The van der Waals surface area contributed by atoms with Crippen molar-refractivity contribution in [1.29, 1.82) is 0 Å². The van der Waals surface area contributed by atoms with Gasteiger partial charge in [-0.2, -0.15) is 0 Å². The predicted octanol–water partition coefficient (Wildman–Crippen LogP) is 2.51. The molecule has 13 heavy (non-hydrogen) atoms. The summed E-state index contributed by atoms with van der Waals surface area (Å²) in [4.78, 5) is 4.51. The highest BCUT2D eigenvalue weighted by Crippen LogP contribution is 2.14. The molecule has 0 bridgehead atoms. The molecule has 0 saturated heterocycles. The first-order valence-electron chi connectivity index (χ1n) is 4.66. The van der Waals surface area contributed by atoms with Gasteiger partial charge in [0, 0.05) is 11.9 Å². The maximum Gasteiger partial charge on any atom is 0.0669 e. The van der Waals surface area contributed by atoms with E-state index < -0.39 is 0 Å². The van der Waals surface area contributed by atoms with Crippen molar-refractivity contribution in [2.75, 3.05) is 0 Å². The average molecular weight is 174 g/mol. The van der Waals surface area contributed by atoms with Crippen molar-refractivity contribution in [1.82, 2.24) is 9.38 Å². The maximum atomic E-state index is 4.51. The van der Waals surface area contributed by atoms with Gasteiger partial charge in [-0.15, -0.1) is 0 Å². The Morgan fingerprint density at radius 1 is 1.31 bits per heavy atom. The van der Waals surface area contributed by atoms with Crippen molar-refractivity contribution in [2.24, 2.45) is 0 Å². The molecule has 0 atom stereocenters. The second-order valence-electron chi connectivity index (χ2n) is 3.41. The summed E-state index contributed by atoms with van der Waals surface area (Å²) < 4.78 is 2.21. The maximum absolute atomic E-state index is 4.51. The molecular formula is C11H14N2. The topological polar surface area (TPSA) is 17.3 Å². The Balaban J connectivity index is 2.84. The minimum Gasteiger partial charge on any atom is -0.318 e. The Hall–Kier alpha value is -1.31. The van der Waals surface area contributed by atoms with Crippen LogP contribution in [-0.2, 0) is 6.42 Å². The molecule has 2 nitrogen and oxygen atoms in total. The number of aryl methyl sites for hydroxylation is 3. The van der Waals surface area contributed by atoms with Crippen molar-refractivity contribution in [3.63, 3.8) is 0 Å². The molecule has 2 heterocycles. The van der Waals surface area contributed by atoms with Gasteiger partial charge < -0.3 is 4.40 Å². The van der Waals surface area contributed by atoms with E-state index in [9.17, 15) is 0 Å². The molecule has 0 aliphatic heterocycles. The molecule has 2 rings (SSSR count). The van der Waals surface area contributed by atoms with Crippen LogP contribution in [0.2, 0.25) is 0 Å². The Morgan fingerprint density at radius 3 is 2.77 bits per heavy atom. The summed E-state index contributed by atoms with van der Waals surface area (Å²) >= 11 is 0. The quantitative estimate of drug-likeness (QED) is 0.649. The van der Waals surface area contributed by atoms with Gasteiger partial charge in [-0.1, -0.05) is 6.92 Å². The van der Waals surface area contributed by atoms with E-state index in [-0.39, 0.29) is 0 Å². The van der Waals surface area contributed by atoms with Gasteiger partial charge in [0.25, 0.3) is 0 Å². The highest BCUT2D eigenvalue weighted by Gasteiger charge is 2.03. The van der Waals surface area contributed by atoms with Crippen molar-refractivity contribution >= 4 is 5.52 Å². The number of fused-ring (bicyclic) bond motifs is 1. The zero-order valence-electron chi connectivity index (χ0n) is 8.33. The third kappa shape index (κ3) is 1.22. The van der Waals surface area contributed by atoms with Crippen LogP contribution >= 0.6 is 0 Å². The number of aromatic nitrogens is 2. The summed E-state index contributed by atoms with van der Waals surface area (Å²) in [5.41, 5.74) is 4.79. The fourth-order valence-electron chi connectivity index (χ4n) is 1.70. The SMILES string of the molecule is CCc1nc(C)cn2c(C)ccc12. The largest absolute Gasteiger partial charge is 0.318 e. The molecule has 0 saturated carbocycles. The third-order valence-corrected chi connectivity index (χ3v) is 2.38. The number of hydrogen-bond acceptors (Lipinski definition) is 1. The summed E-state index contributed by atoms with van der Waals surface area (Å²) in [6.07, 6.45) is 3.08. The highest BCUT2D eigenvalue weighted by atomic mass is 14.9. The highest BCUT2D eigenvalue weighted by molar-refractivity contribution is 5.54. The first-order valence-corrected chi connectivity index (χ1v) is 4.66. The van der Waals surface area contributed by atoms with Crippen LogP contribution in [0.4, 0.5) is 0 Å². The minimum atomic E-state index is 0.995. The smallest absolute Gasteiger partial charge is 0.0669 e. The minimum absolute atomic E-state index is 0.995. The molecule has 0 radical (unpaired) electrons. The van der Waals surface area contributed by atoms with Gasteiger partial charge in [-0.3, -0.25) is 4.98 Å². The monoisotopic (exact) mass is 174 g/mol. The van der Waals surface area contributed by atoms with Crippen LogP contribution in [0.25, 0.3) is 5.52 Å². The number of rotatable bonds is 1. The number of nitrogens with zero attached hydrogens (tertiary/aromatic N) is 2. The van der Waals surface area contributed by atoms with Gasteiger partial charge in [-0.05, 0) is 32.4 Å². The summed E-state index contributed by atoms with van der Waals surface area (Å²) in [6, 6.07) is 4.27. The van der Waals surface area contributed by atoms with E-state index in [4.69, 9.17) is 0 Å². The van der Waals surface area contributed by atoms with E-state index in [1.54, 1.807) is 0 Å². The lowest BCUT2D eigenvalue weighted by atomic mass is 10.3. The lowest BCUT2D eigenvalue weighted by molar-refractivity contribution is 0.957. The summed E-state index contributed by atoms with van der Waals surface area (Å²) in [5.74, 6) is 0.